The Morgan fingerprint density at radius 1 is 1.00 bits per heavy atom. The van der Waals surface area contributed by atoms with Crippen molar-refractivity contribution >= 4 is 46.4 Å². The summed E-state index contributed by atoms with van der Waals surface area (Å²) in [6.07, 6.45) is 0.630. The summed E-state index contributed by atoms with van der Waals surface area (Å²) in [7, 11) is 0. The number of carbonyl (C=O) groups is 3. The maximum atomic E-state index is 13.0. The molecule has 35 heavy (non-hydrogen) atoms. The van der Waals surface area contributed by atoms with Gasteiger partial charge in [-0.05, 0) is 54.4 Å². The number of carbonyl (C=O) groups excluding carboxylic acids is 3. The van der Waals surface area contributed by atoms with Crippen LogP contribution in [0.4, 0.5) is 17.1 Å². The van der Waals surface area contributed by atoms with Gasteiger partial charge in [-0.15, -0.1) is 0 Å². The number of nitrogens with zero attached hydrogens (tertiary/aromatic N) is 2. The zero-order valence-electron chi connectivity index (χ0n) is 18.4. The minimum atomic E-state index is -0.669. The minimum Gasteiger partial charge on any atom is -0.423 e. The molecule has 1 aliphatic heterocycles. The van der Waals surface area contributed by atoms with E-state index in [1.165, 1.54) is 48.5 Å². The molecule has 0 aliphatic carbocycles. The Labute approximate surface area is 204 Å². The monoisotopic (exact) mass is 491 g/mol. The molecule has 4 rings (SSSR count). The Bertz CT molecular complexity index is 1370. The highest BCUT2D eigenvalue weighted by molar-refractivity contribution is 6.53. The smallest absolute Gasteiger partial charge is 0.343 e. The van der Waals surface area contributed by atoms with E-state index < -0.39 is 22.7 Å². The Morgan fingerprint density at radius 3 is 2.29 bits per heavy atom. The Kier molecular flexibility index (Phi) is 6.61. The molecule has 0 saturated carbocycles. The molecule has 176 valence electrons. The Balaban J connectivity index is 1.47. The van der Waals surface area contributed by atoms with Crippen molar-refractivity contribution in [2.75, 3.05) is 10.2 Å². The number of hydrogen-bond acceptors (Lipinski definition) is 7. The van der Waals surface area contributed by atoms with Crippen LogP contribution < -0.4 is 15.0 Å². The molecule has 0 unspecified atom stereocenters. The molecule has 9 nitrogen and oxygen atoms in total. The van der Waals surface area contributed by atoms with E-state index in [-0.39, 0.29) is 27.7 Å². The number of nitro groups is 1. The fourth-order valence-corrected chi connectivity index (χ4v) is 3.71. The van der Waals surface area contributed by atoms with E-state index in [0.717, 1.165) is 10.5 Å². The fraction of sp³-hybridized carbons (Fsp3) is 0.0800. The summed E-state index contributed by atoms with van der Waals surface area (Å²) in [5, 5.41) is 13.4. The van der Waals surface area contributed by atoms with Crippen LogP contribution in [-0.2, 0) is 16.0 Å². The summed E-state index contributed by atoms with van der Waals surface area (Å²) in [6.45, 7) is 1.92. The zero-order chi connectivity index (χ0) is 25.1. The molecule has 10 heteroatoms. The first-order valence-electron chi connectivity index (χ1n) is 10.5. The lowest BCUT2D eigenvalue weighted by molar-refractivity contribution is -0.384. The average Bonchev–Trinajstić information content (AvgIpc) is 3.07. The van der Waals surface area contributed by atoms with Crippen molar-refractivity contribution in [2.24, 2.45) is 0 Å². The van der Waals surface area contributed by atoms with Crippen molar-refractivity contribution in [1.82, 2.24) is 0 Å². The third kappa shape index (κ3) is 4.75. The van der Waals surface area contributed by atoms with Crippen LogP contribution in [0.2, 0.25) is 0 Å². The second-order valence-corrected chi connectivity index (χ2v) is 7.84. The highest BCUT2D eigenvalue weighted by Crippen LogP contribution is 2.32. The molecule has 0 radical (unpaired) electrons. The largest absolute Gasteiger partial charge is 0.423 e. The molecular formula is C25H18ClN3O6. The molecule has 0 atom stereocenters. The highest BCUT2D eigenvalue weighted by Gasteiger charge is 2.39. The number of para-hydroxylation sites is 1. The van der Waals surface area contributed by atoms with Crippen molar-refractivity contribution < 1.29 is 24.0 Å². The van der Waals surface area contributed by atoms with Crippen LogP contribution in [-0.4, -0.2) is 22.7 Å². The number of hydrogen-bond donors (Lipinski definition) is 1. The van der Waals surface area contributed by atoms with Crippen LogP contribution in [0.15, 0.2) is 83.5 Å². The summed E-state index contributed by atoms with van der Waals surface area (Å²) in [5.41, 5.74) is 1.76. The van der Waals surface area contributed by atoms with Gasteiger partial charge in [0, 0.05) is 17.8 Å². The number of benzene rings is 3. The van der Waals surface area contributed by atoms with Crippen molar-refractivity contribution in [1.29, 1.82) is 0 Å². The van der Waals surface area contributed by atoms with Crippen molar-refractivity contribution in [3.63, 3.8) is 0 Å². The quantitative estimate of drug-likeness (QED) is 0.165. The van der Waals surface area contributed by atoms with Crippen LogP contribution in [0, 0.1) is 10.1 Å². The topological polar surface area (TPSA) is 119 Å². The van der Waals surface area contributed by atoms with Gasteiger partial charge in [-0.2, -0.15) is 0 Å². The third-order valence-corrected chi connectivity index (χ3v) is 5.64. The number of nitro benzene ring substituents is 1. The average molecular weight is 492 g/mol. The number of esters is 1. The number of ether oxygens (including phenoxy) is 1. The molecular weight excluding hydrogens is 474 g/mol. The third-order valence-electron chi connectivity index (χ3n) is 5.29. The second kappa shape index (κ2) is 9.78. The van der Waals surface area contributed by atoms with Gasteiger partial charge in [0.05, 0.1) is 16.2 Å². The van der Waals surface area contributed by atoms with Crippen LogP contribution >= 0.6 is 11.6 Å². The van der Waals surface area contributed by atoms with E-state index in [0.29, 0.717) is 17.8 Å². The first kappa shape index (κ1) is 23.7. The molecule has 0 fully saturated rings. The molecule has 3 aromatic rings. The summed E-state index contributed by atoms with van der Waals surface area (Å²) in [6, 6.07) is 18.2. The van der Waals surface area contributed by atoms with Gasteiger partial charge in [0.15, 0.2) is 0 Å². The zero-order valence-corrected chi connectivity index (χ0v) is 19.1. The second-order valence-electron chi connectivity index (χ2n) is 7.46. The number of halogens is 1. The van der Waals surface area contributed by atoms with Crippen LogP contribution in [0.5, 0.6) is 5.75 Å². The van der Waals surface area contributed by atoms with Gasteiger partial charge in [0.25, 0.3) is 17.5 Å². The predicted octanol–water partition coefficient (Wildman–Crippen LogP) is 4.81. The van der Waals surface area contributed by atoms with E-state index >= 15 is 0 Å². The van der Waals surface area contributed by atoms with E-state index in [9.17, 15) is 24.5 Å². The van der Waals surface area contributed by atoms with Gasteiger partial charge < -0.3 is 10.1 Å². The van der Waals surface area contributed by atoms with E-state index in [4.69, 9.17) is 16.3 Å². The SMILES string of the molecule is CCc1ccccc1N1C(=O)C(Cl)=C(Nc2ccc(C(=O)Oc3ccc([N+](=O)[O-])cc3)cc2)C1=O. The van der Waals surface area contributed by atoms with E-state index in [2.05, 4.69) is 5.32 Å². The molecule has 1 N–H and O–H groups in total. The van der Waals surface area contributed by atoms with Crippen molar-refractivity contribution in [3.8, 4) is 5.75 Å². The lowest BCUT2D eigenvalue weighted by Gasteiger charge is -2.18. The standard InChI is InChI=1S/C25H18ClN3O6/c1-2-15-5-3-4-6-20(15)28-23(30)21(26)22(24(28)31)27-17-9-7-16(8-10-17)25(32)35-19-13-11-18(12-14-19)29(33)34/h3-14,27H,2H2,1H3. The normalized spacial score (nSPS) is 13.3. The van der Waals surface area contributed by atoms with Gasteiger partial charge in [0.1, 0.15) is 16.5 Å². The molecule has 1 heterocycles. The maximum absolute atomic E-state index is 13.0. The summed E-state index contributed by atoms with van der Waals surface area (Å²) < 4.78 is 5.22. The Hall–Kier alpha value is -4.50. The number of non-ortho nitro benzene ring substituents is 1. The summed E-state index contributed by atoms with van der Waals surface area (Å²) in [5.74, 6) is -1.72. The lowest BCUT2D eigenvalue weighted by atomic mass is 10.1. The van der Waals surface area contributed by atoms with Crippen LogP contribution in [0.1, 0.15) is 22.8 Å². The molecule has 0 bridgehead atoms. The van der Waals surface area contributed by atoms with Gasteiger partial charge in [-0.1, -0.05) is 36.7 Å². The number of aryl methyl sites for hydroxylation is 1. The van der Waals surface area contributed by atoms with E-state index in [1.807, 2.05) is 19.1 Å². The van der Waals surface area contributed by atoms with Crippen molar-refractivity contribution in [2.45, 2.75) is 13.3 Å². The molecule has 0 aromatic heterocycles. The first-order valence-corrected chi connectivity index (χ1v) is 10.9. The summed E-state index contributed by atoms with van der Waals surface area (Å²) >= 11 is 6.21. The highest BCUT2D eigenvalue weighted by atomic mass is 35.5. The number of rotatable bonds is 7. The van der Waals surface area contributed by atoms with Gasteiger partial charge in [-0.3, -0.25) is 19.7 Å². The number of amides is 2. The number of anilines is 2. The number of nitrogens with one attached hydrogen (secondary N) is 1. The van der Waals surface area contributed by atoms with E-state index in [1.54, 1.807) is 12.1 Å². The number of imide groups is 1. The molecule has 0 spiro atoms. The molecule has 0 saturated heterocycles. The Morgan fingerprint density at radius 2 is 1.66 bits per heavy atom. The van der Waals surface area contributed by atoms with Crippen LogP contribution in [0.3, 0.4) is 0 Å². The first-order chi connectivity index (χ1) is 16.8. The maximum Gasteiger partial charge on any atom is 0.343 e. The van der Waals surface area contributed by atoms with Gasteiger partial charge >= 0.3 is 5.97 Å². The minimum absolute atomic E-state index is 0.0659. The summed E-state index contributed by atoms with van der Waals surface area (Å²) in [4.78, 5) is 49.4. The molecule has 1 aliphatic rings. The van der Waals surface area contributed by atoms with Gasteiger partial charge in [0.2, 0.25) is 0 Å². The molecule has 2 amide bonds. The van der Waals surface area contributed by atoms with Crippen molar-refractivity contribution in [3.05, 3.63) is 105 Å². The van der Waals surface area contributed by atoms with Crippen LogP contribution in [0.25, 0.3) is 0 Å². The predicted molar refractivity (Wildman–Crippen MR) is 129 cm³/mol. The molecule has 3 aromatic carbocycles. The van der Waals surface area contributed by atoms with Gasteiger partial charge in [-0.25, -0.2) is 9.69 Å². The fourth-order valence-electron chi connectivity index (χ4n) is 3.49. The lowest BCUT2D eigenvalue weighted by Crippen LogP contribution is -2.33.